The number of barbiturate groups is 1. The first-order chi connectivity index (χ1) is 13.8. The van der Waals surface area contributed by atoms with Crippen LogP contribution in [0.2, 0.25) is 0 Å². The third-order valence-corrected chi connectivity index (χ3v) is 4.66. The smallest absolute Gasteiger partial charge is 0.285 e. The molecule has 1 fully saturated rings. The van der Waals surface area contributed by atoms with Crippen LogP contribution in [0.1, 0.15) is 18.5 Å². The fraction of sp³-hybridized carbons (Fsp3) is 0.238. The quantitative estimate of drug-likeness (QED) is 0.596. The summed E-state index contributed by atoms with van der Waals surface area (Å²) in [5.74, 6) is -1.20. The van der Waals surface area contributed by atoms with Crippen LogP contribution in [0.15, 0.2) is 66.5 Å². The Balaban J connectivity index is 0.000000207. The van der Waals surface area contributed by atoms with Crippen LogP contribution in [-0.2, 0) is 16.6 Å². The first-order valence-corrected chi connectivity index (χ1v) is 8.96. The lowest BCUT2D eigenvalue weighted by Crippen LogP contribution is -2.62. The molecule has 1 saturated heterocycles. The highest BCUT2D eigenvalue weighted by atomic mass is 16.2. The van der Waals surface area contributed by atoms with Gasteiger partial charge in [-0.2, -0.15) is 0 Å². The van der Waals surface area contributed by atoms with Crippen molar-refractivity contribution in [3.8, 4) is 5.69 Å². The van der Waals surface area contributed by atoms with Gasteiger partial charge in [0.05, 0.1) is 5.69 Å². The molecule has 0 aliphatic carbocycles. The summed E-state index contributed by atoms with van der Waals surface area (Å²) < 4.78 is 3.49. The molecule has 0 radical (unpaired) electrons. The lowest BCUT2D eigenvalue weighted by molar-refractivity contribution is -0.144. The van der Waals surface area contributed by atoms with Crippen LogP contribution in [0.4, 0.5) is 4.79 Å². The van der Waals surface area contributed by atoms with E-state index in [1.54, 1.807) is 10.7 Å². The van der Waals surface area contributed by atoms with Crippen molar-refractivity contribution in [2.75, 3.05) is 0 Å². The predicted molar refractivity (Wildman–Crippen MR) is 109 cm³/mol. The van der Waals surface area contributed by atoms with Gasteiger partial charge >= 0.3 is 6.03 Å². The zero-order chi connectivity index (χ0) is 21.6. The van der Waals surface area contributed by atoms with Gasteiger partial charge in [0, 0.05) is 18.8 Å². The normalized spacial score (nSPS) is 14.9. The second-order valence-electron chi connectivity index (χ2n) is 6.60. The van der Waals surface area contributed by atoms with E-state index in [-0.39, 0.29) is 18.4 Å². The van der Waals surface area contributed by atoms with Crippen molar-refractivity contribution >= 4 is 17.8 Å². The Morgan fingerprint density at radius 3 is 1.90 bits per heavy atom. The standard InChI is InChI=1S/C11H12N2O.C10H12N2O3/c1-9-8-11(14)13(12(9)2)10-6-4-3-5-7-10;1-3-5-10(6-4-2)7(13)11-9(15)12-8(10)14/h3-8H,1-2H3;3-4H,1-2,5-6H2,(H2,11,12,13,14,15). The molecule has 0 atom stereocenters. The average molecular weight is 396 g/mol. The fourth-order valence-electron chi connectivity index (χ4n) is 3.04. The number of rotatable bonds is 5. The minimum Gasteiger partial charge on any atom is -0.285 e. The number of aryl methyl sites for hydroxylation is 1. The highest BCUT2D eigenvalue weighted by Crippen LogP contribution is 2.30. The molecule has 2 N–H and O–H groups in total. The van der Waals surface area contributed by atoms with Gasteiger partial charge < -0.3 is 0 Å². The first-order valence-electron chi connectivity index (χ1n) is 8.96. The van der Waals surface area contributed by atoms with E-state index < -0.39 is 23.3 Å². The summed E-state index contributed by atoms with van der Waals surface area (Å²) in [4.78, 5) is 45.7. The molecule has 3 rings (SSSR count). The van der Waals surface area contributed by atoms with Crippen LogP contribution in [0.3, 0.4) is 0 Å². The Hall–Kier alpha value is -3.68. The van der Waals surface area contributed by atoms with Crippen LogP contribution in [-0.4, -0.2) is 27.2 Å². The van der Waals surface area contributed by atoms with Crippen LogP contribution < -0.4 is 16.2 Å². The molecule has 152 valence electrons. The number of carbonyl (C=O) groups is 3. The number of carbonyl (C=O) groups excluding carboxylic acids is 3. The maximum absolute atomic E-state index is 11.6. The molecule has 0 spiro atoms. The molecule has 8 heteroatoms. The second-order valence-corrected chi connectivity index (χ2v) is 6.60. The van der Waals surface area contributed by atoms with Crippen molar-refractivity contribution in [2.24, 2.45) is 12.5 Å². The van der Waals surface area contributed by atoms with Crippen LogP contribution in [0, 0.1) is 12.3 Å². The van der Waals surface area contributed by atoms with Gasteiger partial charge in [-0.1, -0.05) is 30.4 Å². The summed E-state index contributed by atoms with van der Waals surface area (Å²) in [6, 6.07) is 10.5. The number of para-hydroxylation sites is 1. The number of hydrogen-bond donors (Lipinski definition) is 2. The SMILES string of the molecule is C=CCC1(CC=C)C(=O)NC(=O)NC1=O.Cc1cc(=O)n(-c2ccccc2)n1C. The Kier molecular flexibility index (Phi) is 6.71. The molecule has 0 unspecified atom stereocenters. The van der Waals surface area contributed by atoms with Crippen molar-refractivity contribution in [1.29, 1.82) is 0 Å². The van der Waals surface area contributed by atoms with E-state index >= 15 is 0 Å². The summed E-state index contributed by atoms with van der Waals surface area (Å²) in [5.41, 5.74) is 0.584. The molecule has 0 bridgehead atoms. The summed E-state index contributed by atoms with van der Waals surface area (Å²) in [5, 5.41) is 4.13. The molecule has 29 heavy (non-hydrogen) atoms. The third kappa shape index (κ3) is 4.43. The number of urea groups is 1. The van der Waals surface area contributed by atoms with Gasteiger partial charge in [-0.15, -0.1) is 13.2 Å². The molecule has 2 aromatic rings. The van der Waals surface area contributed by atoms with Crippen LogP contribution >= 0.6 is 0 Å². The number of hydrogen-bond acceptors (Lipinski definition) is 4. The Labute approximate surface area is 168 Å². The number of benzene rings is 1. The van der Waals surface area contributed by atoms with Crippen molar-refractivity contribution < 1.29 is 14.4 Å². The number of allylic oxidation sites excluding steroid dienone is 2. The maximum atomic E-state index is 11.6. The van der Waals surface area contributed by atoms with Crippen molar-refractivity contribution in [3.05, 3.63) is 77.8 Å². The van der Waals surface area contributed by atoms with Crippen molar-refractivity contribution in [1.82, 2.24) is 20.0 Å². The van der Waals surface area contributed by atoms with E-state index in [9.17, 15) is 19.2 Å². The Morgan fingerprint density at radius 1 is 0.966 bits per heavy atom. The van der Waals surface area contributed by atoms with E-state index in [0.29, 0.717) is 0 Å². The average Bonchev–Trinajstić information content (AvgIpc) is 2.93. The molecule has 4 amide bonds. The van der Waals surface area contributed by atoms with Gasteiger partial charge in [0.2, 0.25) is 11.8 Å². The summed E-state index contributed by atoms with van der Waals surface area (Å²) in [6.07, 6.45) is 3.28. The topological polar surface area (TPSA) is 102 Å². The molecule has 1 aliphatic rings. The van der Waals surface area contributed by atoms with Gasteiger partial charge in [0.15, 0.2) is 0 Å². The Morgan fingerprint density at radius 2 is 1.48 bits per heavy atom. The largest absolute Gasteiger partial charge is 0.328 e. The molecule has 0 saturated carbocycles. The summed E-state index contributed by atoms with van der Waals surface area (Å²) in [6.45, 7) is 8.90. The molecule has 1 aliphatic heterocycles. The zero-order valence-corrected chi connectivity index (χ0v) is 16.5. The molecular formula is C21H24N4O4. The first kappa shape index (κ1) is 21.6. The fourth-order valence-corrected chi connectivity index (χ4v) is 3.04. The predicted octanol–water partition coefficient (Wildman–Crippen LogP) is 1.98. The highest BCUT2D eigenvalue weighted by Gasteiger charge is 2.48. The van der Waals surface area contributed by atoms with Crippen LogP contribution in [0.25, 0.3) is 5.69 Å². The van der Waals surface area contributed by atoms with Crippen molar-refractivity contribution in [3.63, 3.8) is 0 Å². The van der Waals surface area contributed by atoms with E-state index in [4.69, 9.17) is 0 Å². The van der Waals surface area contributed by atoms with Gasteiger partial charge in [-0.3, -0.25) is 29.7 Å². The molecule has 8 nitrogen and oxygen atoms in total. The number of nitrogens with one attached hydrogen (secondary N) is 2. The summed E-state index contributed by atoms with van der Waals surface area (Å²) in [7, 11) is 1.88. The molecule has 2 heterocycles. The van der Waals surface area contributed by atoms with E-state index in [1.165, 1.54) is 12.2 Å². The Bertz CT molecular complexity index is 969. The van der Waals surface area contributed by atoms with E-state index in [1.807, 2.05) is 49.0 Å². The van der Waals surface area contributed by atoms with Gasteiger partial charge in [-0.25, -0.2) is 9.48 Å². The van der Waals surface area contributed by atoms with Gasteiger partial charge in [0.1, 0.15) is 5.41 Å². The van der Waals surface area contributed by atoms with Crippen molar-refractivity contribution in [2.45, 2.75) is 19.8 Å². The van der Waals surface area contributed by atoms with Crippen LogP contribution in [0.5, 0.6) is 0 Å². The molecular weight excluding hydrogens is 372 g/mol. The van der Waals surface area contributed by atoms with E-state index in [0.717, 1.165) is 11.4 Å². The van der Waals surface area contributed by atoms with Gasteiger partial charge in [0.25, 0.3) is 5.56 Å². The highest BCUT2D eigenvalue weighted by molar-refractivity contribution is 6.19. The summed E-state index contributed by atoms with van der Waals surface area (Å²) >= 11 is 0. The molecule has 1 aromatic heterocycles. The lowest BCUT2D eigenvalue weighted by Gasteiger charge is -2.32. The third-order valence-electron chi connectivity index (χ3n) is 4.66. The maximum Gasteiger partial charge on any atom is 0.328 e. The number of aromatic nitrogens is 2. The minimum absolute atomic E-state index is 0.0104. The molecule has 1 aromatic carbocycles. The number of nitrogens with zero attached hydrogens (tertiary/aromatic N) is 2. The second kappa shape index (κ2) is 9.01. The van der Waals surface area contributed by atoms with E-state index in [2.05, 4.69) is 23.8 Å². The lowest BCUT2D eigenvalue weighted by atomic mass is 9.78. The monoisotopic (exact) mass is 396 g/mol. The zero-order valence-electron chi connectivity index (χ0n) is 16.5. The van der Waals surface area contributed by atoms with Gasteiger partial charge in [-0.05, 0) is 31.9 Å². The minimum atomic E-state index is -1.28. The number of amides is 4. The number of imide groups is 2.